The van der Waals surface area contributed by atoms with Crippen molar-refractivity contribution in [3.8, 4) is 0 Å². The molecule has 0 aliphatic carbocycles. The molecule has 76 valence electrons. The Kier molecular flexibility index (Phi) is 2.55. The third-order valence-electron chi connectivity index (χ3n) is 1.87. The molecule has 1 heterocycles. The third-order valence-corrected chi connectivity index (χ3v) is 1.87. The summed E-state index contributed by atoms with van der Waals surface area (Å²) in [7, 11) is 0. The first kappa shape index (κ1) is 10.2. The second-order valence-corrected chi connectivity index (χ2v) is 2.99. The van der Waals surface area contributed by atoms with Gasteiger partial charge in [0, 0.05) is 6.42 Å². The Morgan fingerprint density at radius 3 is 2.57 bits per heavy atom. The van der Waals surface area contributed by atoms with Crippen LogP contribution in [0.5, 0.6) is 0 Å². The monoisotopic (exact) mass is 199 g/mol. The molecule has 0 aromatic rings. The maximum atomic E-state index is 11.3. The SMILES string of the molecule is C=C(C)C1CC(=O)N(OC(=O)O)C1=O. The second kappa shape index (κ2) is 3.49. The number of carboxylic acid groups (broad SMARTS) is 1. The third kappa shape index (κ3) is 1.73. The van der Waals surface area contributed by atoms with Gasteiger partial charge in [-0.1, -0.05) is 17.2 Å². The van der Waals surface area contributed by atoms with Crippen LogP contribution in [-0.2, 0) is 14.4 Å². The van der Waals surface area contributed by atoms with Gasteiger partial charge in [-0.25, -0.2) is 4.79 Å². The molecule has 0 radical (unpaired) electrons. The molecule has 0 spiro atoms. The van der Waals surface area contributed by atoms with Gasteiger partial charge in [0.15, 0.2) is 0 Å². The first-order valence-electron chi connectivity index (χ1n) is 3.86. The molecule has 1 aliphatic rings. The Bertz CT molecular complexity index is 322. The van der Waals surface area contributed by atoms with Crippen LogP contribution in [0.25, 0.3) is 0 Å². The molecule has 1 aliphatic heterocycles. The molecule has 1 atom stereocenters. The Morgan fingerprint density at radius 1 is 1.64 bits per heavy atom. The minimum atomic E-state index is -1.69. The lowest BCUT2D eigenvalue weighted by atomic mass is 10.0. The molecule has 0 bridgehead atoms. The van der Waals surface area contributed by atoms with E-state index in [1.54, 1.807) is 6.92 Å². The quantitative estimate of drug-likeness (QED) is 0.518. The number of nitrogens with zero attached hydrogens (tertiary/aromatic N) is 1. The molecular weight excluding hydrogens is 190 g/mol. The standard InChI is InChI=1S/C8H9NO5/c1-4(2)5-3-6(10)9(7(5)11)14-8(12)13/h5H,1,3H2,2H3,(H,12,13). The van der Waals surface area contributed by atoms with Crippen LogP contribution in [-0.4, -0.2) is 28.1 Å². The van der Waals surface area contributed by atoms with E-state index >= 15 is 0 Å². The molecular formula is C8H9NO5. The Morgan fingerprint density at radius 2 is 2.21 bits per heavy atom. The molecule has 0 aromatic heterocycles. The van der Waals surface area contributed by atoms with Crippen LogP contribution >= 0.6 is 0 Å². The zero-order valence-electron chi connectivity index (χ0n) is 7.52. The van der Waals surface area contributed by atoms with Crippen molar-refractivity contribution >= 4 is 18.0 Å². The number of amides is 2. The molecule has 6 heteroatoms. The van der Waals surface area contributed by atoms with Crippen molar-refractivity contribution in [1.82, 2.24) is 5.06 Å². The van der Waals surface area contributed by atoms with Gasteiger partial charge in [0.1, 0.15) is 0 Å². The second-order valence-electron chi connectivity index (χ2n) is 2.99. The molecule has 2 amide bonds. The van der Waals surface area contributed by atoms with Gasteiger partial charge >= 0.3 is 6.16 Å². The van der Waals surface area contributed by atoms with E-state index in [2.05, 4.69) is 11.4 Å². The lowest BCUT2D eigenvalue weighted by Gasteiger charge is -2.10. The van der Waals surface area contributed by atoms with E-state index in [9.17, 15) is 14.4 Å². The summed E-state index contributed by atoms with van der Waals surface area (Å²) in [6.07, 6.45) is -1.77. The first-order chi connectivity index (χ1) is 6.43. The average molecular weight is 199 g/mol. The van der Waals surface area contributed by atoms with Crippen LogP contribution in [0.1, 0.15) is 13.3 Å². The molecule has 6 nitrogen and oxygen atoms in total. The fraction of sp³-hybridized carbons (Fsp3) is 0.375. The van der Waals surface area contributed by atoms with E-state index < -0.39 is 23.9 Å². The number of imide groups is 1. The number of hydroxylamine groups is 2. The number of carbonyl (C=O) groups is 3. The molecule has 1 rings (SSSR count). The van der Waals surface area contributed by atoms with Crippen molar-refractivity contribution in [2.24, 2.45) is 5.92 Å². The number of carbonyl (C=O) groups excluding carboxylic acids is 2. The molecule has 0 saturated carbocycles. The predicted octanol–water partition coefficient (Wildman–Crippen LogP) is 0.547. The van der Waals surface area contributed by atoms with Gasteiger partial charge in [0.25, 0.3) is 11.8 Å². The number of hydrogen-bond donors (Lipinski definition) is 1. The van der Waals surface area contributed by atoms with E-state index in [1.165, 1.54) is 0 Å². The summed E-state index contributed by atoms with van der Waals surface area (Å²) in [6.45, 7) is 5.13. The van der Waals surface area contributed by atoms with Crippen molar-refractivity contribution < 1.29 is 24.3 Å². The van der Waals surface area contributed by atoms with Gasteiger partial charge in [-0.15, -0.1) is 0 Å². The zero-order chi connectivity index (χ0) is 10.9. The van der Waals surface area contributed by atoms with Gasteiger partial charge in [-0.05, 0) is 6.92 Å². The summed E-state index contributed by atoms with van der Waals surface area (Å²) in [6, 6.07) is 0. The lowest BCUT2D eigenvalue weighted by molar-refractivity contribution is -0.176. The summed E-state index contributed by atoms with van der Waals surface area (Å²) in [5.74, 6) is -2.00. The minimum Gasteiger partial charge on any atom is -0.448 e. The Labute approximate surface area is 79.7 Å². The smallest absolute Gasteiger partial charge is 0.448 e. The van der Waals surface area contributed by atoms with Crippen LogP contribution in [0.3, 0.4) is 0 Å². The van der Waals surface area contributed by atoms with Crippen LogP contribution < -0.4 is 0 Å². The van der Waals surface area contributed by atoms with Crippen molar-refractivity contribution in [3.63, 3.8) is 0 Å². The largest absolute Gasteiger partial charge is 0.531 e. The highest BCUT2D eigenvalue weighted by atomic mass is 16.8. The van der Waals surface area contributed by atoms with Crippen molar-refractivity contribution in [2.75, 3.05) is 0 Å². The summed E-state index contributed by atoms with van der Waals surface area (Å²) >= 11 is 0. The van der Waals surface area contributed by atoms with Crippen molar-refractivity contribution in [3.05, 3.63) is 12.2 Å². The van der Waals surface area contributed by atoms with Crippen LogP contribution in [0.15, 0.2) is 12.2 Å². The van der Waals surface area contributed by atoms with E-state index in [4.69, 9.17) is 5.11 Å². The van der Waals surface area contributed by atoms with Gasteiger partial charge in [0.2, 0.25) is 0 Å². The average Bonchev–Trinajstić information content (AvgIpc) is 2.31. The van der Waals surface area contributed by atoms with Crippen molar-refractivity contribution in [1.29, 1.82) is 0 Å². The molecule has 1 unspecified atom stereocenters. The molecule has 1 N–H and O–H groups in total. The molecule has 0 aromatic carbocycles. The Hall–Kier alpha value is -1.85. The Balaban J connectivity index is 2.80. The van der Waals surface area contributed by atoms with Crippen LogP contribution in [0, 0.1) is 5.92 Å². The summed E-state index contributed by atoms with van der Waals surface area (Å²) < 4.78 is 0. The van der Waals surface area contributed by atoms with E-state index in [0.717, 1.165) is 0 Å². The summed E-state index contributed by atoms with van der Waals surface area (Å²) in [5, 5.41) is 8.51. The van der Waals surface area contributed by atoms with Gasteiger partial charge in [-0.2, -0.15) is 0 Å². The topological polar surface area (TPSA) is 83.9 Å². The van der Waals surface area contributed by atoms with E-state index in [-0.39, 0.29) is 11.5 Å². The van der Waals surface area contributed by atoms with Crippen LogP contribution in [0.2, 0.25) is 0 Å². The van der Waals surface area contributed by atoms with Gasteiger partial charge in [0.05, 0.1) is 5.92 Å². The normalized spacial score (nSPS) is 21.2. The maximum absolute atomic E-state index is 11.3. The van der Waals surface area contributed by atoms with Gasteiger partial charge in [-0.3, -0.25) is 14.4 Å². The number of hydrogen-bond acceptors (Lipinski definition) is 4. The molecule has 1 saturated heterocycles. The van der Waals surface area contributed by atoms with Gasteiger partial charge < -0.3 is 5.11 Å². The highest BCUT2D eigenvalue weighted by Gasteiger charge is 2.41. The zero-order valence-corrected chi connectivity index (χ0v) is 7.52. The molecule has 1 fully saturated rings. The van der Waals surface area contributed by atoms with Crippen molar-refractivity contribution in [2.45, 2.75) is 13.3 Å². The molecule has 14 heavy (non-hydrogen) atoms. The maximum Gasteiger partial charge on any atom is 0.531 e. The first-order valence-corrected chi connectivity index (χ1v) is 3.86. The highest BCUT2D eigenvalue weighted by Crippen LogP contribution is 2.25. The fourth-order valence-corrected chi connectivity index (χ4v) is 1.17. The summed E-state index contributed by atoms with van der Waals surface area (Å²) in [4.78, 5) is 36.6. The van der Waals surface area contributed by atoms with E-state index in [0.29, 0.717) is 5.57 Å². The summed E-state index contributed by atoms with van der Waals surface area (Å²) in [5.41, 5.74) is 0.514. The minimum absolute atomic E-state index is 0.0819. The highest BCUT2D eigenvalue weighted by molar-refractivity contribution is 6.04. The fourth-order valence-electron chi connectivity index (χ4n) is 1.17. The predicted molar refractivity (Wildman–Crippen MR) is 43.9 cm³/mol. The van der Waals surface area contributed by atoms with E-state index in [1.807, 2.05) is 0 Å². The lowest BCUT2D eigenvalue weighted by Crippen LogP contribution is -2.32. The van der Waals surface area contributed by atoms with Crippen LogP contribution in [0.4, 0.5) is 4.79 Å². The number of rotatable bonds is 2.